The van der Waals surface area contributed by atoms with Gasteiger partial charge in [-0.3, -0.25) is 9.79 Å². The molecule has 3 heteroatoms. The Balaban J connectivity index is 0.000000180. The fraction of sp³-hybridized carbons (Fsp3) is 0.714. The molecule has 0 unspecified atom stereocenters. The highest BCUT2D eigenvalue weighted by molar-refractivity contribution is 5.70. The molecule has 0 saturated heterocycles. The van der Waals surface area contributed by atoms with Gasteiger partial charge in [0.1, 0.15) is 0 Å². The lowest BCUT2D eigenvalue weighted by Crippen LogP contribution is -2.01. The third kappa shape index (κ3) is 10.2. The molecule has 0 saturated carbocycles. The molecule has 2 N–H and O–H groups in total. The molecule has 1 rings (SSSR count). The normalized spacial score (nSPS) is 15.3. The summed E-state index contributed by atoms with van der Waals surface area (Å²) in [6.45, 7) is 2.38. The first-order valence-corrected chi connectivity index (χ1v) is 3.48. The number of carbonyl (C=O) groups is 1. The van der Waals surface area contributed by atoms with E-state index in [1.807, 2.05) is 6.21 Å². The Kier molecular flexibility index (Phi) is 5.72. The Labute approximate surface area is 61.3 Å². The maximum absolute atomic E-state index is 9.22. The van der Waals surface area contributed by atoms with E-state index in [1.165, 1.54) is 26.2 Å². The number of hydrogen-bond acceptors (Lipinski definition) is 2. The van der Waals surface area contributed by atoms with Crippen LogP contribution < -0.4 is 5.73 Å². The van der Waals surface area contributed by atoms with E-state index in [9.17, 15) is 4.79 Å². The van der Waals surface area contributed by atoms with E-state index in [0.29, 0.717) is 0 Å². The lowest BCUT2D eigenvalue weighted by atomic mass is 10.2. The second-order valence-electron chi connectivity index (χ2n) is 2.20. The summed E-state index contributed by atoms with van der Waals surface area (Å²) in [4.78, 5) is 13.3. The van der Waals surface area contributed by atoms with Crippen molar-refractivity contribution in [1.29, 1.82) is 0 Å². The molecule has 0 radical (unpaired) electrons. The van der Waals surface area contributed by atoms with Gasteiger partial charge in [-0.15, -0.1) is 0 Å². The second-order valence-corrected chi connectivity index (χ2v) is 2.20. The molecule has 0 aromatic carbocycles. The Morgan fingerprint density at radius 3 is 2.30 bits per heavy atom. The molecule has 0 atom stereocenters. The highest BCUT2D eigenvalue weighted by atomic mass is 16.1. The number of nitrogens with two attached hydrogens (primary N) is 1. The van der Waals surface area contributed by atoms with E-state index in [0.717, 1.165) is 6.54 Å². The van der Waals surface area contributed by atoms with Crippen LogP contribution >= 0.6 is 0 Å². The SMILES string of the molecule is C1=NCCCC1.CC(N)=O. The predicted octanol–water partition coefficient (Wildman–Crippen LogP) is 0.733. The molecular weight excluding hydrogens is 128 g/mol. The van der Waals surface area contributed by atoms with Gasteiger partial charge in [-0.25, -0.2) is 0 Å². The fourth-order valence-corrected chi connectivity index (χ4v) is 0.621. The van der Waals surface area contributed by atoms with Crippen LogP contribution in [0.4, 0.5) is 0 Å². The molecule has 0 fully saturated rings. The highest BCUT2D eigenvalue weighted by Gasteiger charge is 1.88. The number of primary amides is 1. The lowest BCUT2D eigenvalue weighted by Gasteiger charge is -1.97. The monoisotopic (exact) mass is 142 g/mol. The van der Waals surface area contributed by atoms with Gasteiger partial charge in [0.15, 0.2) is 0 Å². The zero-order valence-electron chi connectivity index (χ0n) is 6.34. The van der Waals surface area contributed by atoms with Crippen LogP contribution in [-0.2, 0) is 4.79 Å². The van der Waals surface area contributed by atoms with Crippen LogP contribution in [0.25, 0.3) is 0 Å². The molecule has 58 valence electrons. The van der Waals surface area contributed by atoms with E-state index in [-0.39, 0.29) is 5.91 Å². The van der Waals surface area contributed by atoms with E-state index in [1.54, 1.807) is 0 Å². The summed E-state index contributed by atoms with van der Waals surface area (Å²) in [5.41, 5.74) is 4.47. The molecule has 10 heavy (non-hydrogen) atoms. The van der Waals surface area contributed by atoms with Crippen LogP contribution in [0.5, 0.6) is 0 Å². The summed E-state index contributed by atoms with van der Waals surface area (Å²) in [5.74, 6) is -0.333. The van der Waals surface area contributed by atoms with Crippen molar-refractivity contribution in [2.45, 2.75) is 26.2 Å². The minimum atomic E-state index is -0.333. The van der Waals surface area contributed by atoms with Crippen molar-refractivity contribution in [2.75, 3.05) is 6.54 Å². The number of rotatable bonds is 0. The topological polar surface area (TPSA) is 55.4 Å². The van der Waals surface area contributed by atoms with Gasteiger partial charge in [0, 0.05) is 13.5 Å². The molecular formula is C7H14N2O. The molecule has 3 nitrogen and oxygen atoms in total. The number of carbonyl (C=O) groups excluding carboxylic acids is 1. The van der Waals surface area contributed by atoms with Crippen molar-refractivity contribution in [3.8, 4) is 0 Å². The average Bonchev–Trinajstić information content (AvgIpc) is 1.90. The van der Waals surface area contributed by atoms with Gasteiger partial charge in [-0.2, -0.15) is 0 Å². The fourth-order valence-electron chi connectivity index (χ4n) is 0.621. The van der Waals surface area contributed by atoms with E-state index < -0.39 is 0 Å². The molecule has 1 amide bonds. The maximum atomic E-state index is 9.22. The van der Waals surface area contributed by atoms with Gasteiger partial charge in [0.05, 0.1) is 0 Å². The van der Waals surface area contributed by atoms with Crippen LogP contribution in [0.2, 0.25) is 0 Å². The first kappa shape index (κ1) is 9.14. The summed E-state index contributed by atoms with van der Waals surface area (Å²) in [5, 5.41) is 0. The quantitative estimate of drug-likeness (QED) is 0.532. The van der Waals surface area contributed by atoms with Crippen molar-refractivity contribution in [3.63, 3.8) is 0 Å². The molecule has 0 aromatic rings. The second kappa shape index (κ2) is 6.26. The van der Waals surface area contributed by atoms with Crippen molar-refractivity contribution in [2.24, 2.45) is 10.7 Å². The van der Waals surface area contributed by atoms with Crippen LogP contribution in [-0.4, -0.2) is 18.7 Å². The smallest absolute Gasteiger partial charge is 0.214 e. The summed E-state index contributed by atoms with van der Waals surface area (Å²) in [7, 11) is 0. The van der Waals surface area contributed by atoms with Crippen molar-refractivity contribution in [3.05, 3.63) is 0 Å². The zero-order valence-corrected chi connectivity index (χ0v) is 6.34. The summed E-state index contributed by atoms with van der Waals surface area (Å²) in [6, 6.07) is 0. The van der Waals surface area contributed by atoms with Crippen LogP contribution in [0.1, 0.15) is 26.2 Å². The molecule has 0 aromatic heterocycles. The Morgan fingerprint density at radius 2 is 2.20 bits per heavy atom. The van der Waals surface area contributed by atoms with E-state index >= 15 is 0 Å². The lowest BCUT2D eigenvalue weighted by molar-refractivity contribution is -0.115. The van der Waals surface area contributed by atoms with Crippen LogP contribution in [0, 0.1) is 0 Å². The van der Waals surface area contributed by atoms with Crippen molar-refractivity contribution >= 4 is 12.1 Å². The van der Waals surface area contributed by atoms with Gasteiger partial charge >= 0.3 is 0 Å². The minimum Gasteiger partial charge on any atom is -0.370 e. The van der Waals surface area contributed by atoms with Gasteiger partial charge in [-0.1, -0.05) is 0 Å². The summed E-state index contributed by atoms with van der Waals surface area (Å²) < 4.78 is 0. The molecule has 0 bridgehead atoms. The number of hydrogen-bond donors (Lipinski definition) is 1. The molecule has 1 aliphatic heterocycles. The standard InChI is InChI=1S/C5H9N.C2H5NO/c1-2-4-6-5-3-1;1-2(3)4/h4H,1-3,5H2;1H3,(H2,3,4). The number of nitrogens with zero attached hydrogens (tertiary/aromatic N) is 1. The van der Waals surface area contributed by atoms with Crippen molar-refractivity contribution in [1.82, 2.24) is 0 Å². The summed E-state index contributed by atoms with van der Waals surface area (Å²) in [6.07, 6.45) is 5.88. The minimum absolute atomic E-state index is 0.333. The van der Waals surface area contributed by atoms with Gasteiger partial charge in [-0.05, 0) is 25.5 Å². The van der Waals surface area contributed by atoms with E-state index in [2.05, 4.69) is 10.7 Å². The predicted molar refractivity (Wildman–Crippen MR) is 42.1 cm³/mol. The van der Waals surface area contributed by atoms with Gasteiger partial charge in [0.2, 0.25) is 5.91 Å². The Morgan fingerprint density at radius 1 is 1.60 bits per heavy atom. The highest BCUT2D eigenvalue weighted by Crippen LogP contribution is 1.97. The number of aliphatic imine (C=N–C) groups is 1. The molecule has 1 aliphatic rings. The maximum Gasteiger partial charge on any atom is 0.214 e. The third-order valence-electron chi connectivity index (χ3n) is 1.000. The van der Waals surface area contributed by atoms with Gasteiger partial charge < -0.3 is 5.73 Å². The average molecular weight is 142 g/mol. The largest absolute Gasteiger partial charge is 0.370 e. The third-order valence-corrected chi connectivity index (χ3v) is 1.000. The van der Waals surface area contributed by atoms with E-state index in [4.69, 9.17) is 0 Å². The molecule has 0 spiro atoms. The van der Waals surface area contributed by atoms with Crippen molar-refractivity contribution < 1.29 is 4.79 Å². The first-order chi connectivity index (χ1) is 4.73. The van der Waals surface area contributed by atoms with Crippen LogP contribution in [0.15, 0.2) is 4.99 Å². The first-order valence-electron chi connectivity index (χ1n) is 3.48. The van der Waals surface area contributed by atoms with Crippen LogP contribution in [0.3, 0.4) is 0 Å². The molecule has 0 aliphatic carbocycles. The Bertz CT molecular complexity index is 109. The zero-order chi connectivity index (χ0) is 7.82. The number of amides is 1. The Hall–Kier alpha value is -0.860. The molecule has 1 heterocycles. The summed E-state index contributed by atoms with van der Waals surface area (Å²) >= 11 is 0. The van der Waals surface area contributed by atoms with Gasteiger partial charge in [0.25, 0.3) is 0 Å².